The van der Waals surface area contributed by atoms with E-state index in [0.717, 1.165) is 39.1 Å². The van der Waals surface area contributed by atoms with Crippen LogP contribution in [0.3, 0.4) is 0 Å². The molecular weight excluding hydrogens is 464 g/mol. The minimum Gasteiger partial charge on any atom is -0.386 e. The maximum Gasteiger partial charge on any atom is 0.0985 e. The molecule has 36 heavy (non-hydrogen) atoms. The van der Waals surface area contributed by atoms with Crippen LogP contribution in [0.5, 0.6) is 0 Å². The van der Waals surface area contributed by atoms with Crippen molar-refractivity contribution >= 4 is 22.7 Å². The van der Waals surface area contributed by atoms with E-state index in [0.29, 0.717) is 12.5 Å². The molecule has 0 saturated carbocycles. The summed E-state index contributed by atoms with van der Waals surface area (Å²) < 4.78 is 3.93. The van der Waals surface area contributed by atoms with Gasteiger partial charge in [0.1, 0.15) is 0 Å². The predicted octanol–water partition coefficient (Wildman–Crippen LogP) is 7.08. The lowest BCUT2D eigenvalue weighted by Crippen LogP contribution is -2.08. The molecule has 0 radical (unpaired) electrons. The second kappa shape index (κ2) is 9.96. The Labute approximate surface area is 216 Å². The Balaban J connectivity index is 1.60. The highest BCUT2D eigenvalue weighted by atomic mass is 32.2. The molecule has 0 aliphatic heterocycles. The summed E-state index contributed by atoms with van der Waals surface area (Å²) in [6, 6.07) is 22.5. The number of hydrogen-bond acceptors (Lipinski definition) is 4. The first-order valence-corrected chi connectivity index (χ1v) is 13.5. The van der Waals surface area contributed by atoms with Crippen molar-refractivity contribution in [3.63, 3.8) is 0 Å². The third-order valence-electron chi connectivity index (χ3n) is 6.77. The van der Waals surface area contributed by atoms with Gasteiger partial charge in [-0.3, -0.25) is 4.68 Å². The number of nitrogens with zero attached hydrogens (tertiary/aromatic N) is 4. The minimum absolute atomic E-state index is 0.310. The molecule has 0 spiro atoms. The quantitative estimate of drug-likeness (QED) is 0.245. The van der Waals surface area contributed by atoms with E-state index in [1.807, 2.05) is 53.3 Å². The van der Waals surface area contributed by atoms with Crippen LogP contribution in [0, 0.1) is 13.8 Å². The van der Waals surface area contributed by atoms with Crippen molar-refractivity contribution in [2.75, 3.05) is 6.26 Å². The molecule has 5 aromatic rings. The standard InChI is InChI=1S/C30H32N4OS/c1-19(2)29-21(4)34(27-15-14-23(36-5)16-20(27)3)32-30(29)24-12-9-13-26-25(24)17-33(31-26)18-28(35)22-10-7-6-8-11-22/h6-17,19,28,35H,18H2,1-5H3/t28-/m0/s1. The zero-order chi connectivity index (χ0) is 25.4. The molecule has 5 nitrogen and oxygen atoms in total. The maximum atomic E-state index is 10.8. The van der Waals surface area contributed by atoms with Crippen LogP contribution < -0.4 is 0 Å². The Morgan fingerprint density at radius 3 is 2.42 bits per heavy atom. The summed E-state index contributed by atoms with van der Waals surface area (Å²) in [5.41, 5.74) is 8.55. The fourth-order valence-corrected chi connectivity index (χ4v) is 5.48. The Morgan fingerprint density at radius 1 is 0.944 bits per heavy atom. The molecule has 2 heterocycles. The van der Waals surface area contributed by atoms with E-state index in [2.05, 4.69) is 62.9 Å². The van der Waals surface area contributed by atoms with Gasteiger partial charge < -0.3 is 5.11 Å². The van der Waals surface area contributed by atoms with Crippen molar-refractivity contribution in [1.82, 2.24) is 19.6 Å². The van der Waals surface area contributed by atoms with E-state index < -0.39 is 6.10 Å². The number of benzene rings is 3. The summed E-state index contributed by atoms with van der Waals surface area (Å²) in [6.45, 7) is 9.15. The number of aliphatic hydroxyl groups excluding tert-OH is 1. The summed E-state index contributed by atoms with van der Waals surface area (Å²) in [5.74, 6) is 0.310. The van der Waals surface area contributed by atoms with Crippen molar-refractivity contribution in [3.8, 4) is 16.9 Å². The van der Waals surface area contributed by atoms with Crippen LogP contribution in [0.15, 0.2) is 77.8 Å². The topological polar surface area (TPSA) is 55.9 Å². The summed E-state index contributed by atoms with van der Waals surface area (Å²) in [7, 11) is 0. The fraction of sp³-hybridized carbons (Fsp3) is 0.267. The number of aryl methyl sites for hydroxylation is 1. The predicted molar refractivity (Wildman–Crippen MR) is 149 cm³/mol. The van der Waals surface area contributed by atoms with Crippen LogP contribution in [-0.2, 0) is 6.54 Å². The first-order valence-electron chi connectivity index (χ1n) is 12.3. The van der Waals surface area contributed by atoms with E-state index in [-0.39, 0.29) is 0 Å². The summed E-state index contributed by atoms with van der Waals surface area (Å²) in [5, 5.41) is 21.8. The molecule has 184 valence electrons. The van der Waals surface area contributed by atoms with Gasteiger partial charge in [-0.05, 0) is 61.4 Å². The minimum atomic E-state index is -0.621. The van der Waals surface area contributed by atoms with E-state index in [1.165, 1.54) is 16.0 Å². The molecular formula is C30H32N4OS. The molecule has 5 rings (SSSR count). The molecule has 0 bridgehead atoms. The van der Waals surface area contributed by atoms with Gasteiger partial charge in [0.15, 0.2) is 0 Å². The van der Waals surface area contributed by atoms with Gasteiger partial charge in [0, 0.05) is 33.3 Å². The van der Waals surface area contributed by atoms with Gasteiger partial charge >= 0.3 is 0 Å². The molecule has 2 aromatic heterocycles. The largest absolute Gasteiger partial charge is 0.386 e. The fourth-order valence-electron chi connectivity index (χ4n) is 4.98. The van der Waals surface area contributed by atoms with Crippen LogP contribution >= 0.6 is 11.8 Å². The first-order chi connectivity index (χ1) is 17.4. The second-order valence-corrected chi connectivity index (χ2v) is 10.5. The molecule has 0 aliphatic rings. The Kier molecular flexibility index (Phi) is 6.73. The lowest BCUT2D eigenvalue weighted by atomic mass is 9.95. The average Bonchev–Trinajstić information content (AvgIpc) is 3.44. The number of fused-ring (bicyclic) bond motifs is 1. The zero-order valence-electron chi connectivity index (χ0n) is 21.4. The lowest BCUT2D eigenvalue weighted by molar-refractivity contribution is 0.152. The van der Waals surface area contributed by atoms with Crippen molar-refractivity contribution in [2.45, 2.75) is 51.2 Å². The van der Waals surface area contributed by atoms with E-state index in [1.54, 1.807) is 11.8 Å². The summed E-state index contributed by atoms with van der Waals surface area (Å²) in [4.78, 5) is 1.25. The van der Waals surface area contributed by atoms with Gasteiger partial charge in [0.2, 0.25) is 0 Å². The SMILES string of the molecule is CSc1ccc(-n2nc(-c3cccc4nn(C[C@H](O)c5ccccc5)cc34)c(C(C)C)c2C)c(C)c1. The number of hydrogen-bond donors (Lipinski definition) is 1. The van der Waals surface area contributed by atoms with E-state index in [9.17, 15) is 5.11 Å². The number of thioether (sulfide) groups is 1. The van der Waals surface area contributed by atoms with Gasteiger partial charge in [-0.1, -0.05) is 56.3 Å². The third kappa shape index (κ3) is 4.47. The van der Waals surface area contributed by atoms with Gasteiger partial charge in [-0.25, -0.2) is 4.68 Å². The van der Waals surface area contributed by atoms with Gasteiger partial charge in [-0.15, -0.1) is 11.8 Å². The van der Waals surface area contributed by atoms with E-state index in [4.69, 9.17) is 10.2 Å². The number of aromatic nitrogens is 4. The highest BCUT2D eigenvalue weighted by Crippen LogP contribution is 2.37. The molecule has 3 aromatic carbocycles. The van der Waals surface area contributed by atoms with Crippen LogP contribution in [0.25, 0.3) is 27.8 Å². The molecule has 0 saturated heterocycles. The Morgan fingerprint density at radius 2 is 1.72 bits per heavy atom. The highest BCUT2D eigenvalue weighted by Gasteiger charge is 2.23. The summed E-state index contributed by atoms with van der Waals surface area (Å²) >= 11 is 1.75. The van der Waals surface area contributed by atoms with Crippen LogP contribution in [0.2, 0.25) is 0 Å². The third-order valence-corrected chi connectivity index (χ3v) is 7.49. The van der Waals surface area contributed by atoms with Gasteiger partial charge in [0.25, 0.3) is 0 Å². The molecule has 6 heteroatoms. The highest BCUT2D eigenvalue weighted by molar-refractivity contribution is 7.98. The molecule has 1 N–H and O–H groups in total. The molecule has 0 amide bonds. The zero-order valence-corrected chi connectivity index (χ0v) is 22.3. The lowest BCUT2D eigenvalue weighted by Gasteiger charge is -2.11. The molecule has 0 unspecified atom stereocenters. The average molecular weight is 497 g/mol. The number of aliphatic hydroxyl groups is 1. The summed E-state index contributed by atoms with van der Waals surface area (Å²) in [6.07, 6.45) is 3.51. The van der Waals surface area contributed by atoms with Crippen molar-refractivity contribution in [1.29, 1.82) is 0 Å². The monoisotopic (exact) mass is 496 g/mol. The van der Waals surface area contributed by atoms with Gasteiger partial charge in [0.05, 0.1) is 29.5 Å². The van der Waals surface area contributed by atoms with Crippen molar-refractivity contribution < 1.29 is 5.11 Å². The van der Waals surface area contributed by atoms with Crippen LogP contribution in [0.4, 0.5) is 0 Å². The first kappa shape index (κ1) is 24.3. The maximum absolute atomic E-state index is 10.8. The number of rotatable bonds is 7. The van der Waals surface area contributed by atoms with Gasteiger partial charge in [-0.2, -0.15) is 10.2 Å². The molecule has 1 atom stereocenters. The van der Waals surface area contributed by atoms with Crippen LogP contribution in [0.1, 0.15) is 48.3 Å². The Bertz CT molecular complexity index is 1520. The second-order valence-electron chi connectivity index (χ2n) is 9.58. The smallest absolute Gasteiger partial charge is 0.0985 e. The Hall–Kier alpha value is -3.35. The van der Waals surface area contributed by atoms with Crippen molar-refractivity contribution in [3.05, 3.63) is 95.3 Å². The van der Waals surface area contributed by atoms with E-state index >= 15 is 0 Å². The van der Waals surface area contributed by atoms with Crippen molar-refractivity contribution in [2.24, 2.45) is 0 Å². The molecule has 0 fully saturated rings. The molecule has 0 aliphatic carbocycles. The van der Waals surface area contributed by atoms with Crippen LogP contribution in [-0.4, -0.2) is 30.9 Å². The normalized spacial score (nSPS) is 12.5.